The van der Waals surface area contributed by atoms with Gasteiger partial charge in [0, 0.05) is 23.7 Å². The topological polar surface area (TPSA) is 53.1 Å². The molecule has 1 aromatic heterocycles. The number of aromatic nitrogens is 2. The quantitative estimate of drug-likeness (QED) is 0.731. The minimum Gasteiger partial charge on any atom is -0.304 e. The van der Waals surface area contributed by atoms with Gasteiger partial charge in [0.15, 0.2) is 0 Å². The summed E-state index contributed by atoms with van der Waals surface area (Å²) in [6.45, 7) is 4.77. The van der Waals surface area contributed by atoms with E-state index >= 15 is 0 Å². The maximum atomic E-state index is 5.17. The van der Waals surface area contributed by atoms with Gasteiger partial charge in [-0.1, -0.05) is 0 Å². The lowest BCUT2D eigenvalue weighted by molar-refractivity contribution is 0.115. The molecule has 1 heterocycles. The van der Waals surface area contributed by atoms with Gasteiger partial charge in [0.25, 0.3) is 0 Å². The minimum absolute atomic E-state index is 0.164. The molecule has 0 saturated heterocycles. The van der Waals surface area contributed by atoms with Crippen molar-refractivity contribution in [2.75, 3.05) is 6.61 Å². The Labute approximate surface area is 84.0 Å². The summed E-state index contributed by atoms with van der Waals surface area (Å²) in [4.78, 5) is 4.81. The highest BCUT2D eigenvalue weighted by Gasteiger charge is 2.47. The molecule has 0 amide bonds. The molecule has 1 fully saturated rings. The lowest BCUT2D eigenvalue weighted by Crippen LogP contribution is -2.19. The first-order chi connectivity index (χ1) is 6.60. The van der Waals surface area contributed by atoms with Gasteiger partial charge in [-0.3, -0.25) is 4.68 Å². The molecule has 4 heteroatoms. The number of nitrogens with two attached hydrogens (primary N) is 1. The fourth-order valence-electron chi connectivity index (χ4n) is 2.32. The van der Waals surface area contributed by atoms with Crippen LogP contribution in [0, 0.1) is 13.8 Å². The molecule has 2 N–H and O–H groups in total. The molecule has 0 atom stereocenters. The second-order valence-corrected chi connectivity index (χ2v) is 4.26. The zero-order valence-corrected chi connectivity index (χ0v) is 9.00. The van der Waals surface area contributed by atoms with E-state index < -0.39 is 0 Å². The summed E-state index contributed by atoms with van der Waals surface area (Å²) in [5.74, 6) is 5.17. The van der Waals surface area contributed by atoms with Gasteiger partial charge in [-0.05, 0) is 26.7 Å². The van der Waals surface area contributed by atoms with Crippen molar-refractivity contribution in [2.45, 2.75) is 32.1 Å². The Morgan fingerprint density at radius 3 is 2.50 bits per heavy atom. The van der Waals surface area contributed by atoms with E-state index in [9.17, 15) is 0 Å². The van der Waals surface area contributed by atoms with Crippen molar-refractivity contribution in [1.29, 1.82) is 0 Å². The number of hydrogen-bond donors (Lipinski definition) is 1. The Balaban J connectivity index is 2.40. The maximum absolute atomic E-state index is 5.17. The van der Waals surface area contributed by atoms with Crippen molar-refractivity contribution in [1.82, 2.24) is 9.78 Å². The second kappa shape index (κ2) is 3.07. The molecule has 78 valence electrons. The lowest BCUT2D eigenvalue weighted by Gasteiger charge is -2.14. The van der Waals surface area contributed by atoms with E-state index in [2.05, 4.69) is 18.9 Å². The van der Waals surface area contributed by atoms with E-state index in [0.717, 1.165) is 18.5 Å². The first-order valence-corrected chi connectivity index (χ1v) is 4.93. The van der Waals surface area contributed by atoms with Gasteiger partial charge in [-0.15, -0.1) is 0 Å². The third-order valence-electron chi connectivity index (χ3n) is 3.25. The molecular formula is C10H17N3O. The first kappa shape index (κ1) is 9.68. The van der Waals surface area contributed by atoms with Crippen LogP contribution in [0.4, 0.5) is 0 Å². The molecule has 4 nitrogen and oxygen atoms in total. The second-order valence-electron chi connectivity index (χ2n) is 4.26. The van der Waals surface area contributed by atoms with Gasteiger partial charge >= 0.3 is 0 Å². The van der Waals surface area contributed by atoms with Crippen molar-refractivity contribution in [3.05, 3.63) is 17.0 Å². The van der Waals surface area contributed by atoms with Gasteiger partial charge < -0.3 is 4.84 Å². The van der Waals surface area contributed by atoms with E-state index in [1.54, 1.807) is 0 Å². The average Bonchev–Trinajstić information content (AvgIpc) is 2.80. The fourth-order valence-corrected chi connectivity index (χ4v) is 2.32. The molecule has 0 radical (unpaired) electrons. The number of hydrogen-bond acceptors (Lipinski definition) is 3. The number of aryl methyl sites for hydroxylation is 2. The van der Waals surface area contributed by atoms with E-state index in [4.69, 9.17) is 10.7 Å². The third kappa shape index (κ3) is 1.26. The summed E-state index contributed by atoms with van der Waals surface area (Å²) in [7, 11) is 1.98. The van der Waals surface area contributed by atoms with Crippen molar-refractivity contribution < 1.29 is 4.84 Å². The largest absolute Gasteiger partial charge is 0.304 e. The Morgan fingerprint density at radius 2 is 2.14 bits per heavy atom. The van der Waals surface area contributed by atoms with Crippen molar-refractivity contribution in [3.8, 4) is 0 Å². The summed E-state index contributed by atoms with van der Waals surface area (Å²) < 4.78 is 1.93. The van der Waals surface area contributed by atoms with Crippen LogP contribution in [0.3, 0.4) is 0 Å². The fraction of sp³-hybridized carbons (Fsp3) is 0.700. The molecule has 1 saturated carbocycles. The van der Waals surface area contributed by atoms with Gasteiger partial charge in [0.2, 0.25) is 0 Å². The Morgan fingerprint density at radius 1 is 1.50 bits per heavy atom. The Hall–Kier alpha value is -0.870. The molecule has 1 aliphatic carbocycles. The molecule has 0 aromatic carbocycles. The molecular weight excluding hydrogens is 178 g/mol. The monoisotopic (exact) mass is 195 g/mol. The summed E-state index contributed by atoms with van der Waals surface area (Å²) in [5.41, 5.74) is 3.85. The van der Waals surface area contributed by atoms with E-state index in [1.165, 1.54) is 11.3 Å². The van der Waals surface area contributed by atoms with Crippen molar-refractivity contribution in [2.24, 2.45) is 12.9 Å². The molecule has 14 heavy (non-hydrogen) atoms. The molecule has 1 aliphatic rings. The zero-order valence-electron chi connectivity index (χ0n) is 9.00. The Kier molecular flexibility index (Phi) is 2.12. The SMILES string of the molecule is Cc1nn(C)c(C)c1C1(CON)CC1. The van der Waals surface area contributed by atoms with Crippen LogP contribution in [0.1, 0.15) is 29.8 Å². The van der Waals surface area contributed by atoms with Gasteiger partial charge in [0.1, 0.15) is 0 Å². The molecule has 1 aromatic rings. The van der Waals surface area contributed by atoms with E-state index in [0.29, 0.717) is 6.61 Å². The standard InChI is InChI=1S/C10H17N3O/c1-7-9(8(2)13(3)12-7)10(4-5-10)6-14-11/h4-6,11H2,1-3H3. The first-order valence-electron chi connectivity index (χ1n) is 4.93. The highest BCUT2D eigenvalue weighted by atomic mass is 16.6. The smallest absolute Gasteiger partial charge is 0.0777 e. The minimum atomic E-state index is 0.164. The van der Waals surface area contributed by atoms with E-state index in [-0.39, 0.29) is 5.41 Å². The highest BCUT2D eigenvalue weighted by molar-refractivity contribution is 5.38. The number of rotatable bonds is 3. The zero-order chi connectivity index (χ0) is 10.3. The highest BCUT2D eigenvalue weighted by Crippen LogP contribution is 2.50. The van der Waals surface area contributed by atoms with Crippen LogP contribution in [-0.2, 0) is 17.3 Å². The van der Waals surface area contributed by atoms with Crippen LogP contribution in [0.25, 0.3) is 0 Å². The van der Waals surface area contributed by atoms with Gasteiger partial charge in [-0.2, -0.15) is 5.10 Å². The molecule has 0 aliphatic heterocycles. The Bertz CT molecular complexity index is 352. The predicted octanol–water partition coefficient (Wildman–Crippen LogP) is 0.959. The van der Waals surface area contributed by atoms with Crippen molar-refractivity contribution in [3.63, 3.8) is 0 Å². The normalized spacial score (nSPS) is 18.6. The van der Waals surface area contributed by atoms with Crippen LogP contribution < -0.4 is 5.90 Å². The molecule has 2 rings (SSSR count). The predicted molar refractivity (Wildman–Crippen MR) is 53.7 cm³/mol. The molecule has 0 unspecified atom stereocenters. The van der Waals surface area contributed by atoms with Gasteiger partial charge in [0.05, 0.1) is 12.3 Å². The van der Waals surface area contributed by atoms with Crippen molar-refractivity contribution >= 4 is 0 Å². The van der Waals surface area contributed by atoms with Crippen LogP contribution in [0.5, 0.6) is 0 Å². The number of nitrogens with zero attached hydrogens (tertiary/aromatic N) is 2. The molecule has 0 spiro atoms. The van der Waals surface area contributed by atoms with Gasteiger partial charge in [-0.25, -0.2) is 5.90 Å². The van der Waals surface area contributed by atoms with E-state index in [1.807, 2.05) is 11.7 Å². The summed E-state index contributed by atoms with van der Waals surface area (Å²) in [6, 6.07) is 0. The van der Waals surface area contributed by atoms with Crippen LogP contribution in [0.15, 0.2) is 0 Å². The third-order valence-corrected chi connectivity index (χ3v) is 3.25. The van der Waals surface area contributed by atoms with Crippen LogP contribution >= 0.6 is 0 Å². The van der Waals surface area contributed by atoms with Crippen LogP contribution in [0.2, 0.25) is 0 Å². The lowest BCUT2D eigenvalue weighted by atomic mass is 9.95. The maximum Gasteiger partial charge on any atom is 0.0777 e. The summed E-state index contributed by atoms with van der Waals surface area (Å²) in [6.07, 6.45) is 2.33. The average molecular weight is 195 g/mol. The summed E-state index contributed by atoms with van der Waals surface area (Å²) in [5, 5.41) is 4.42. The molecule has 0 bridgehead atoms. The summed E-state index contributed by atoms with van der Waals surface area (Å²) >= 11 is 0. The van der Waals surface area contributed by atoms with Crippen LogP contribution in [-0.4, -0.2) is 16.4 Å².